The Bertz CT molecular complexity index is 1710. The van der Waals surface area contributed by atoms with Gasteiger partial charge in [0.2, 0.25) is 0 Å². The number of ether oxygens (including phenoxy) is 1. The first-order valence-electron chi connectivity index (χ1n) is 11.1. The number of fused-ring (bicyclic) bond motifs is 1. The Balaban J connectivity index is 0.00000420. The fraction of sp³-hybridized carbons (Fsp3) is 0.115. The van der Waals surface area contributed by atoms with Crippen LogP contribution in [0.5, 0.6) is 11.5 Å². The van der Waals surface area contributed by atoms with Crippen LogP contribution in [-0.2, 0) is 16.5 Å². The molecule has 0 atom stereocenters. The molecule has 0 heterocycles. The van der Waals surface area contributed by atoms with Crippen LogP contribution < -0.4 is 44.7 Å². The maximum atomic E-state index is 13.5. The summed E-state index contributed by atoms with van der Waals surface area (Å²) in [6.45, 7) is 1.75. The van der Waals surface area contributed by atoms with Crippen LogP contribution in [0.1, 0.15) is 22.8 Å². The fourth-order valence-electron chi connectivity index (χ4n) is 3.77. The minimum absolute atomic E-state index is 0. The Kier molecular flexibility index (Phi) is 10.0. The van der Waals surface area contributed by atoms with Gasteiger partial charge in [0, 0.05) is 16.0 Å². The van der Waals surface area contributed by atoms with Gasteiger partial charge in [-0.3, -0.25) is 9.35 Å². The number of hydrogen-bond acceptors (Lipinski definition) is 7. The molecule has 4 aromatic carbocycles. The molecule has 0 fully saturated rings. The van der Waals surface area contributed by atoms with E-state index in [4.69, 9.17) is 27.9 Å². The van der Waals surface area contributed by atoms with E-state index >= 15 is 0 Å². The van der Waals surface area contributed by atoms with Gasteiger partial charge in [-0.2, -0.15) is 13.5 Å². The standard InChI is InChI=1S/C26H21Cl2N3O6S.Na/c1-3-14-10-17(38(34,35)36)13-21(23(14)28)30-31-24-18-7-5-4-6-15(18)11-19(25(24)32)26(33)29-20-12-16(27)8-9-22(20)37-2;/h4-13,32H,3H2,1-2H3,(H,29,33)(H,34,35,36);/q;+1/p-1. The third-order valence-electron chi connectivity index (χ3n) is 5.67. The van der Waals surface area contributed by atoms with E-state index in [1.165, 1.54) is 25.3 Å². The summed E-state index contributed by atoms with van der Waals surface area (Å²) in [6, 6.07) is 15.1. The third-order valence-corrected chi connectivity index (χ3v) is 7.17. The van der Waals surface area contributed by atoms with Gasteiger partial charge in [0.15, 0.2) is 0 Å². The monoisotopic (exact) mass is 595 g/mol. The summed E-state index contributed by atoms with van der Waals surface area (Å²) in [4.78, 5) is 12.8. The first kappa shape index (κ1) is 30.8. The number of halogens is 2. The summed E-state index contributed by atoms with van der Waals surface area (Å²) in [5.74, 6) is -1.10. The third kappa shape index (κ3) is 6.72. The van der Waals surface area contributed by atoms with E-state index in [9.17, 15) is 22.9 Å². The van der Waals surface area contributed by atoms with Gasteiger partial charge < -0.3 is 15.2 Å². The van der Waals surface area contributed by atoms with Gasteiger partial charge in [-0.1, -0.05) is 60.1 Å². The molecule has 1 amide bonds. The molecular weight excluding hydrogens is 576 g/mol. The quantitative estimate of drug-likeness (QED) is 0.189. The van der Waals surface area contributed by atoms with E-state index < -0.39 is 26.7 Å². The average molecular weight is 596 g/mol. The molecule has 0 aromatic heterocycles. The number of nitrogens with one attached hydrogen (secondary N) is 1. The van der Waals surface area contributed by atoms with Gasteiger partial charge in [-0.05, 0) is 53.8 Å². The molecule has 0 saturated heterocycles. The summed E-state index contributed by atoms with van der Waals surface area (Å²) in [5.41, 5.74) is 0.234. The van der Waals surface area contributed by atoms with Crippen LogP contribution in [0.15, 0.2) is 75.8 Å². The Hall–Kier alpha value is -2.70. The summed E-state index contributed by atoms with van der Waals surface area (Å²) < 4.78 is 38.2. The van der Waals surface area contributed by atoms with Crippen molar-refractivity contribution in [3.05, 3.63) is 81.8 Å². The van der Waals surface area contributed by atoms with Gasteiger partial charge in [-0.25, -0.2) is 0 Å². The molecule has 13 heteroatoms. The maximum Gasteiger partial charge on any atom is 1.00 e. The molecule has 2 N–H and O–H groups in total. The minimum Gasteiger partial charge on any atom is -0.870 e. The van der Waals surface area contributed by atoms with Crippen LogP contribution in [0, 0.1) is 0 Å². The van der Waals surface area contributed by atoms with E-state index in [2.05, 4.69) is 15.5 Å². The Morgan fingerprint density at radius 2 is 1.79 bits per heavy atom. The molecule has 0 radical (unpaired) electrons. The summed E-state index contributed by atoms with van der Waals surface area (Å²) in [7, 11) is -3.12. The average Bonchev–Trinajstić information content (AvgIpc) is 2.88. The summed E-state index contributed by atoms with van der Waals surface area (Å²) in [5, 5.41) is 25.6. The van der Waals surface area contributed by atoms with E-state index in [1.807, 2.05) is 0 Å². The smallest absolute Gasteiger partial charge is 0.870 e. The van der Waals surface area contributed by atoms with Crippen molar-refractivity contribution >= 4 is 67.1 Å². The van der Waals surface area contributed by atoms with Crippen LogP contribution in [-0.4, -0.2) is 26.0 Å². The van der Waals surface area contributed by atoms with Crippen molar-refractivity contribution in [2.45, 2.75) is 18.2 Å². The number of benzene rings is 4. The molecule has 0 spiro atoms. The Labute approximate surface area is 256 Å². The van der Waals surface area contributed by atoms with Crippen LogP contribution in [0.2, 0.25) is 10.0 Å². The van der Waals surface area contributed by atoms with Crippen molar-refractivity contribution in [1.29, 1.82) is 0 Å². The number of carbonyl (C=O) groups is 1. The molecule has 9 nitrogen and oxygen atoms in total. The van der Waals surface area contributed by atoms with Crippen molar-refractivity contribution in [2.24, 2.45) is 10.2 Å². The van der Waals surface area contributed by atoms with Crippen LogP contribution >= 0.6 is 23.2 Å². The van der Waals surface area contributed by atoms with Crippen molar-refractivity contribution in [3.8, 4) is 11.5 Å². The molecule has 0 bridgehead atoms. The van der Waals surface area contributed by atoms with Crippen molar-refractivity contribution in [2.75, 3.05) is 12.4 Å². The minimum atomic E-state index is -4.55. The summed E-state index contributed by atoms with van der Waals surface area (Å²) >= 11 is 12.4. The number of azo groups is 1. The zero-order valence-electron chi connectivity index (χ0n) is 21.0. The van der Waals surface area contributed by atoms with Gasteiger partial charge >= 0.3 is 29.6 Å². The first-order valence-corrected chi connectivity index (χ1v) is 13.3. The predicted octanol–water partition coefficient (Wildman–Crippen LogP) is 3.71. The van der Waals surface area contributed by atoms with Gasteiger partial charge in [0.25, 0.3) is 16.0 Å². The number of methoxy groups -OCH3 is 1. The molecule has 0 saturated carbocycles. The van der Waals surface area contributed by atoms with E-state index in [-0.39, 0.29) is 57.2 Å². The number of rotatable bonds is 7. The van der Waals surface area contributed by atoms with Crippen LogP contribution in [0.3, 0.4) is 0 Å². The molecular formula is C26H20Cl2N3NaO6S. The number of carbonyl (C=O) groups excluding carboxylic acids is 1. The molecule has 39 heavy (non-hydrogen) atoms. The van der Waals surface area contributed by atoms with Crippen LogP contribution in [0.4, 0.5) is 17.1 Å². The van der Waals surface area contributed by atoms with Gasteiger partial charge in [0.05, 0.1) is 28.4 Å². The summed E-state index contributed by atoms with van der Waals surface area (Å²) in [6.07, 6.45) is 0.350. The SMILES string of the molecule is CCc1cc(S(=O)(=O)O)cc(N=Nc2c([O-])c(C(=O)Nc3cc(Cl)ccc3OC)cc3ccccc23)c1Cl.[Na+]. The Morgan fingerprint density at radius 3 is 2.46 bits per heavy atom. The number of amides is 1. The molecule has 4 aromatic rings. The zero-order valence-corrected chi connectivity index (χ0v) is 25.4. The topological polar surface area (TPSA) is 140 Å². The van der Waals surface area contributed by atoms with Crippen molar-refractivity contribution in [1.82, 2.24) is 0 Å². The maximum absolute atomic E-state index is 13.5. The normalized spacial score (nSPS) is 11.4. The number of aryl methyl sites for hydroxylation is 1. The van der Waals surface area contributed by atoms with E-state index in [0.29, 0.717) is 33.5 Å². The molecule has 196 valence electrons. The molecule has 0 aliphatic rings. The first-order chi connectivity index (χ1) is 18.0. The molecule has 0 unspecified atom stereocenters. The Morgan fingerprint density at radius 1 is 1.08 bits per heavy atom. The van der Waals surface area contributed by atoms with Gasteiger partial charge in [-0.15, -0.1) is 5.11 Å². The number of hydrogen-bond donors (Lipinski definition) is 2. The van der Waals surface area contributed by atoms with Crippen molar-refractivity contribution in [3.63, 3.8) is 0 Å². The number of anilines is 1. The molecule has 0 aliphatic heterocycles. The van der Waals surface area contributed by atoms with Crippen LogP contribution in [0.25, 0.3) is 10.8 Å². The van der Waals surface area contributed by atoms with E-state index in [1.54, 1.807) is 43.3 Å². The largest absolute Gasteiger partial charge is 1.00 e. The number of nitrogens with zero attached hydrogens (tertiary/aromatic N) is 2. The second kappa shape index (κ2) is 12.6. The fourth-order valence-corrected chi connectivity index (χ4v) is 4.77. The van der Waals surface area contributed by atoms with Crippen molar-refractivity contribution < 1.29 is 57.2 Å². The molecule has 4 rings (SSSR count). The second-order valence-corrected chi connectivity index (χ2v) is 10.3. The second-order valence-electron chi connectivity index (χ2n) is 8.07. The zero-order chi connectivity index (χ0) is 27.6. The molecule has 0 aliphatic carbocycles. The van der Waals surface area contributed by atoms with E-state index in [0.717, 1.165) is 6.07 Å². The van der Waals surface area contributed by atoms with Gasteiger partial charge in [0.1, 0.15) is 11.4 Å². The predicted molar refractivity (Wildman–Crippen MR) is 144 cm³/mol.